The van der Waals surface area contributed by atoms with Gasteiger partial charge in [-0.1, -0.05) is 89.2 Å². The first-order chi connectivity index (χ1) is 14.1. The molecule has 2 aromatic rings. The smallest absolute Gasteiger partial charge is 0.329 e. The standard InChI is InChI=1S/C25H31NO4/c1-17(2)23(26-22(28)15-18-9-7-6-8-10-18)24(29)30-16-21(27)19-11-13-20(14-12-19)25(3,4)5/h6-14,17,23H,15-16H2,1-5H3,(H,26,28)/t23-/m0/s1. The molecule has 2 aromatic carbocycles. The normalized spacial score (nSPS) is 12.3. The van der Waals surface area contributed by atoms with Crippen molar-refractivity contribution in [3.8, 4) is 0 Å². The summed E-state index contributed by atoms with van der Waals surface area (Å²) in [5.41, 5.74) is 2.47. The Morgan fingerprint density at radius 3 is 2.07 bits per heavy atom. The molecule has 1 N–H and O–H groups in total. The highest BCUT2D eigenvalue weighted by molar-refractivity contribution is 5.98. The van der Waals surface area contributed by atoms with Crippen LogP contribution in [0, 0.1) is 5.92 Å². The van der Waals surface area contributed by atoms with E-state index in [0.717, 1.165) is 11.1 Å². The quantitative estimate of drug-likeness (QED) is 0.526. The van der Waals surface area contributed by atoms with Gasteiger partial charge < -0.3 is 10.1 Å². The van der Waals surface area contributed by atoms with Crippen LogP contribution in [0.2, 0.25) is 0 Å². The van der Waals surface area contributed by atoms with Crippen LogP contribution >= 0.6 is 0 Å². The number of esters is 1. The van der Waals surface area contributed by atoms with Crippen molar-refractivity contribution in [2.24, 2.45) is 5.92 Å². The van der Waals surface area contributed by atoms with E-state index in [4.69, 9.17) is 4.74 Å². The maximum Gasteiger partial charge on any atom is 0.329 e. The molecule has 0 bridgehead atoms. The Hall–Kier alpha value is -2.95. The summed E-state index contributed by atoms with van der Waals surface area (Å²) >= 11 is 0. The molecular weight excluding hydrogens is 378 g/mol. The molecule has 160 valence electrons. The number of amides is 1. The Labute approximate surface area is 178 Å². The molecular formula is C25H31NO4. The second kappa shape index (κ2) is 10.2. The minimum Gasteiger partial charge on any atom is -0.456 e. The Balaban J connectivity index is 1.93. The van der Waals surface area contributed by atoms with E-state index in [1.165, 1.54) is 0 Å². The molecule has 0 fully saturated rings. The Bertz CT molecular complexity index is 864. The zero-order valence-electron chi connectivity index (χ0n) is 18.4. The van der Waals surface area contributed by atoms with Crippen LogP contribution in [-0.4, -0.2) is 30.3 Å². The Kier molecular flexibility index (Phi) is 7.93. The SMILES string of the molecule is CC(C)[C@H](NC(=O)Cc1ccccc1)C(=O)OCC(=O)c1ccc(C(C)(C)C)cc1. The van der Waals surface area contributed by atoms with Crippen LogP contribution in [-0.2, 0) is 26.2 Å². The van der Waals surface area contributed by atoms with Gasteiger partial charge >= 0.3 is 5.97 Å². The third kappa shape index (κ3) is 6.83. The van der Waals surface area contributed by atoms with E-state index in [1.807, 2.05) is 56.3 Å². The molecule has 30 heavy (non-hydrogen) atoms. The average Bonchev–Trinajstić information content (AvgIpc) is 2.70. The van der Waals surface area contributed by atoms with Gasteiger partial charge in [-0.3, -0.25) is 9.59 Å². The highest BCUT2D eigenvalue weighted by Gasteiger charge is 2.26. The summed E-state index contributed by atoms with van der Waals surface area (Å²) in [7, 11) is 0. The molecule has 0 aliphatic carbocycles. The van der Waals surface area contributed by atoms with E-state index in [9.17, 15) is 14.4 Å². The molecule has 1 amide bonds. The maximum atomic E-state index is 12.5. The molecule has 0 heterocycles. The van der Waals surface area contributed by atoms with Crippen molar-refractivity contribution in [1.82, 2.24) is 5.32 Å². The van der Waals surface area contributed by atoms with Crippen LogP contribution in [0.3, 0.4) is 0 Å². The molecule has 1 atom stereocenters. The van der Waals surface area contributed by atoms with Crippen LogP contribution in [0.25, 0.3) is 0 Å². The fourth-order valence-electron chi connectivity index (χ4n) is 2.97. The summed E-state index contributed by atoms with van der Waals surface area (Å²) in [6, 6.07) is 15.8. The Morgan fingerprint density at radius 2 is 1.53 bits per heavy atom. The molecule has 0 unspecified atom stereocenters. The zero-order valence-corrected chi connectivity index (χ0v) is 18.4. The number of ether oxygens (including phenoxy) is 1. The number of benzene rings is 2. The molecule has 0 spiro atoms. The second-order valence-electron chi connectivity index (χ2n) is 8.81. The highest BCUT2D eigenvalue weighted by Crippen LogP contribution is 2.22. The van der Waals surface area contributed by atoms with E-state index in [-0.39, 0.29) is 36.1 Å². The van der Waals surface area contributed by atoms with E-state index in [0.29, 0.717) is 5.56 Å². The lowest BCUT2D eigenvalue weighted by atomic mass is 9.86. The highest BCUT2D eigenvalue weighted by atomic mass is 16.5. The molecule has 5 heteroatoms. The number of carbonyl (C=O) groups excluding carboxylic acids is 3. The average molecular weight is 410 g/mol. The van der Waals surface area contributed by atoms with Gasteiger partial charge in [-0.2, -0.15) is 0 Å². The van der Waals surface area contributed by atoms with Crippen molar-refractivity contribution in [3.63, 3.8) is 0 Å². The molecule has 0 saturated carbocycles. The number of hydrogen-bond acceptors (Lipinski definition) is 4. The summed E-state index contributed by atoms with van der Waals surface area (Å²) in [6.07, 6.45) is 0.177. The lowest BCUT2D eigenvalue weighted by molar-refractivity contribution is -0.148. The van der Waals surface area contributed by atoms with E-state index < -0.39 is 12.0 Å². The monoisotopic (exact) mass is 409 g/mol. The van der Waals surface area contributed by atoms with Crippen LogP contribution in [0.4, 0.5) is 0 Å². The van der Waals surface area contributed by atoms with Crippen molar-refractivity contribution >= 4 is 17.7 Å². The molecule has 0 aliphatic rings. The van der Waals surface area contributed by atoms with Gasteiger partial charge in [0.2, 0.25) is 5.91 Å². The van der Waals surface area contributed by atoms with Crippen LogP contribution in [0.15, 0.2) is 54.6 Å². The van der Waals surface area contributed by atoms with E-state index >= 15 is 0 Å². The van der Waals surface area contributed by atoms with Gasteiger partial charge in [0.1, 0.15) is 6.04 Å². The lowest BCUT2D eigenvalue weighted by Gasteiger charge is -2.21. The molecule has 0 saturated heterocycles. The van der Waals surface area contributed by atoms with Crippen LogP contribution in [0.5, 0.6) is 0 Å². The second-order valence-corrected chi connectivity index (χ2v) is 8.81. The number of carbonyl (C=O) groups is 3. The molecule has 0 aliphatic heterocycles. The van der Waals surface area contributed by atoms with Gasteiger partial charge in [0.25, 0.3) is 0 Å². The predicted molar refractivity (Wildman–Crippen MR) is 117 cm³/mol. The molecule has 0 radical (unpaired) electrons. The van der Waals surface area contributed by atoms with E-state index in [2.05, 4.69) is 26.1 Å². The Morgan fingerprint density at radius 1 is 0.933 bits per heavy atom. The first-order valence-corrected chi connectivity index (χ1v) is 10.2. The summed E-state index contributed by atoms with van der Waals surface area (Å²) in [5.74, 6) is -1.31. The van der Waals surface area contributed by atoms with Crippen molar-refractivity contribution in [3.05, 3.63) is 71.3 Å². The lowest BCUT2D eigenvalue weighted by Crippen LogP contribution is -2.46. The first kappa shape index (κ1) is 23.3. The number of Topliss-reactive ketones (excluding diaryl/α,β-unsaturated/α-hetero) is 1. The predicted octanol–water partition coefficient (Wildman–Crippen LogP) is 4.09. The van der Waals surface area contributed by atoms with Crippen LogP contribution in [0.1, 0.15) is 56.1 Å². The van der Waals surface area contributed by atoms with Gasteiger partial charge in [-0.05, 0) is 22.5 Å². The van der Waals surface area contributed by atoms with Crippen LogP contribution < -0.4 is 5.32 Å². The van der Waals surface area contributed by atoms with Crippen molar-refractivity contribution in [2.45, 2.75) is 52.5 Å². The number of hydrogen-bond donors (Lipinski definition) is 1. The first-order valence-electron chi connectivity index (χ1n) is 10.2. The van der Waals surface area contributed by atoms with Gasteiger partial charge in [-0.15, -0.1) is 0 Å². The molecule has 5 nitrogen and oxygen atoms in total. The third-order valence-corrected chi connectivity index (χ3v) is 4.86. The van der Waals surface area contributed by atoms with Crippen molar-refractivity contribution < 1.29 is 19.1 Å². The van der Waals surface area contributed by atoms with Gasteiger partial charge in [0.15, 0.2) is 12.4 Å². The van der Waals surface area contributed by atoms with Gasteiger partial charge in [-0.25, -0.2) is 4.79 Å². The fourth-order valence-corrected chi connectivity index (χ4v) is 2.97. The number of nitrogens with one attached hydrogen (secondary N) is 1. The minimum atomic E-state index is -0.808. The largest absolute Gasteiger partial charge is 0.456 e. The fraction of sp³-hybridized carbons (Fsp3) is 0.400. The maximum absolute atomic E-state index is 12.5. The summed E-state index contributed by atoms with van der Waals surface area (Å²) in [4.78, 5) is 37.2. The topological polar surface area (TPSA) is 72.5 Å². The summed E-state index contributed by atoms with van der Waals surface area (Å²) < 4.78 is 5.23. The third-order valence-electron chi connectivity index (χ3n) is 4.86. The minimum absolute atomic E-state index is 0.00349. The van der Waals surface area contributed by atoms with Crippen molar-refractivity contribution in [2.75, 3.05) is 6.61 Å². The summed E-state index contributed by atoms with van der Waals surface area (Å²) in [6.45, 7) is 9.59. The van der Waals surface area contributed by atoms with Gasteiger partial charge in [0, 0.05) is 5.56 Å². The number of rotatable bonds is 8. The van der Waals surface area contributed by atoms with E-state index in [1.54, 1.807) is 12.1 Å². The zero-order chi connectivity index (χ0) is 22.3. The molecule has 2 rings (SSSR count). The van der Waals surface area contributed by atoms with Gasteiger partial charge in [0.05, 0.1) is 6.42 Å². The number of ketones is 1. The van der Waals surface area contributed by atoms with Crippen molar-refractivity contribution in [1.29, 1.82) is 0 Å². The summed E-state index contributed by atoms with van der Waals surface area (Å²) in [5, 5.41) is 2.73. The molecule has 0 aromatic heterocycles.